The molecule has 0 heterocycles. The summed E-state index contributed by atoms with van der Waals surface area (Å²) >= 11 is 5.76. The first kappa shape index (κ1) is 14.9. The Hall–Kier alpha value is -2.47. The van der Waals surface area contributed by atoms with E-state index in [9.17, 15) is 19.3 Å². The quantitative estimate of drug-likeness (QED) is 0.689. The SMILES string of the molecule is Cc1cc(C(=O)Nc2ccc([N+](=O)[O-])c(Cl)c2)ccc1F. The van der Waals surface area contributed by atoms with Crippen molar-refractivity contribution >= 4 is 28.9 Å². The van der Waals surface area contributed by atoms with Crippen LogP contribution in [-0.4, -0.2) is 10.8 Å². The van der Waals surface area contributed by atoms with Gasteiger partial charge in [0.25, 0.3) is 11.6 Å². The molecule has 0 saturated carbocycles. The van der Waals surface area contributed by atoms with Crippen LogP contribution >= 0.6 is 11.6 Å². The van der Waals surface area contributed by atoms with Crippen LogP contribution in [0.1, 0.15) is 15.9 Å². The molecule has 0 atom stereocenters. The Morgan fingerprint density at radius 2 is 2.00 bits per heavy atom. The fourth-order valence-electron chi connectivity index (χ4n) is 1.72. The second-order valence-corrected chi connectivity index (χ2v) is 4.75. The van der Waals surface area contributed by atoms with Crippen molar-refractivity contribution in [2.24, 2.45) is 0 Å². The Morgan fingerprint density at radius 1 is 1.29 bits per heavy atom. The third kappa shape index (κ3) is 3.35. The van der Waals surface area contributed by atoms with Gasteiger partial charge >= 0.3 is 0 Å². The smallest absolute Gasteiger partial charge is 0.288 e. The van der Waals surface area contributed by atoms with Gasteiger partial charge < -0.3 is 5.32 Å². The predicted octanol–water partition coefficient (Wildman–Crippen LogP) is 3.95. The van der Waals surface area contributed by atoms with E-state index in [0.29, 0.717) is 11.3 Å². The van der Waals surface area contributed by atoms with E-state index in [2.05, 4.69) is 5.32 Å². The highest BCUT2D eigenvalue weighted by Crippen LogP contribution is 2.27. The van der Waals surface area contributed by atoms with E-state index < -0.39 is 16.6 Å². The molecule has 1 amide bonds. The molecule has 5 nitrogen and oxygen atoms in total. The van der Waals surface area contributed by atoms with Gasteiger partial charge in [0.15, 0.2) is 0 Å². The molecule has 0 aliphatic carbocycles. The second kappa shape index (κ2) is 5.88. The Labute approximate surface area is 124 Å². The number of hydrogen-bond acceptors (Lipinski definition) is 3. The summed E-state index contributed by atoms with van der Waals surface area (Å²) in [7, 11) is 0. The molecule has 0 fully saturated rings. The number of rotatable bonds is 3. The number of anilines is 1. The van der Waals surface area contributed by atoms with Crippen molar-refractivity contribution in [1.82, 2.24) is 0 Å². The summed E-state index contributed by atoms with van der Waals surface area (Å²) in [5.74, 6) is -0.854. The number of aryl methyl sites for hydroxylation is 1. The van der Waals surface area contributed by atoms with E-state index in [-0.39, 0.29) is 16.3 Å². The summed E-state index contributed by atoms with van der Waals surface area (Å²) in [6, 6.07) is 7.83. The van der Waals surface area contributed by atoms with Crippen LogP contribution in [-0.2, 0) is 0 Å². The van der Waals surface area contributed by atoms with Crippen molar-refractivity contribution in [3.8, 4) is 0 Å². The number of hydrogen-bond donors (Lipinski definition) is 1. The zero-order valence-corrected chi connectivity index (χ0v) is 11.6. The highest BCUT2D eigenvalue weighted by atomic mass is 35.5. The van der Waals surface area contributed by atoms with Crippen LogP contribution in [0.4, 0.5) is 15.8 Å². The monoisotopic (exact) mass is 308 g/mol. The highest BCUT2D eigenvalue weighted by Gasteiger charge is 2.14. The second-order valence-electron chi connectivity index (χ2n) is 4.34. The van der Waals surface area contributed by atoms with Crippen molar-refractivity contribution < 1.29 is 14.1 Å². The number of nitrogens with one attached hydrogen (secondary N) is 1. The molecular weight excluding hydrogens is 299 g/mol. The van der Waals surface area contributed by atoms with Crippen LogP contribution in [0.3, 0.4) is 0 Å². The van der Waals surface area contributed by atoms with E-state index in [1.807, 2.05) is 0 Å². The number of nitrogens with zero attached hydrogens (tertiary/aromatic N) is 1. The van der Waals surface area contributed by atoms with Gasteiger partial charge in [-0.15, -0.1) is 0 Å². The number of nitro groups is 1. The van der Waals surface area contributed by atoms with Crippen molar-refractivity contribution in [3.63, 3.8) is 0 Å². The van der Waals surface area contributed by atoms with Crippen LogP contribution in [0, 0.1) is 22.9 Å². The lowest BCUT2D eigenvalue weighted by molar-refractivity contribution is -0.384. The number of halogens is 2. The largest absolute Gasteiger partial charge is 0.322 e. The van der Waals surface area contributed by atoms with E-state index in [4.69, 9.17) is 11.6 Å². The normalized spacial score (nSPS) is 10.2. The molecule has 0 saturated heterocycles. The minimum absolute atomic E-state index is 0.0758. The number of carbonyl (C=O) groups is 1. The summed E-state index contributed by atoms with van der Waals surface area (Å²) in [6.07, 6.45) is 0. The summed E-state index contributed by atoms with van der Waals surface area (Å²) < 4.78 is 13.1. The molecule has 0 aliphatic heterocycles. The van der Waals surface area contributed by atoms with Gasteiger partial charge in [0.05, 0.1) is 4.92 Å². The Kier molecular flexibility index (Phi) is 4.18. The number of carbonyl (C=O) groups excluding carboxylic acids is 1. The lowest BCUT2D eigenvalue weighted by Crippen LogP contribution is -2.12. The molecule has 1 N–H and O–H groups in total. The first-order valence-corrected chi connectivity index (χ1v) is 6.27. The van der Waals surface area contributed by atoms with Gasteiger partial charge in [-0.25, -0.2) is 4.39 Å². The van der Waals surface area contributed by atoms with E-state index in [0.717, 1.165) is 0 Å². The number of benzene rings is 2. The Balaban J connectivity index is 2.21. The summed E-state index contributed by atoms with van der Waals surface area (Å²) in [5.41, 5.74) is 0.706. The van der Waals surface area contributed by atoms with Crippen molar-refractivity contribution in [2.75, 3.05) is 5.32 Å². The fraction of sp³-hybridized carbons (Fsp3) is 0.0714. The van der Waals surface area contributed by atoms with Gasteiger partial charge in [-0.1, -0.05) is 11.6 Å². The van der Waals surface area contributed by atoms with Gasteiger partial charge in [-0.05, 0) is 42.8 Å². The lowest BCUT2D eigenvalue weighted by Gasteiger charge is -2.07. The summed E-state index contributed by atoms with van der Waals surface area (Å²) in [4.78, 5) is 22.0. The molecule has 0 unspecified atom stereocenters. The zero-order chi connectivity index (χ0) is 15.6. The first-order valence-electron chi connectivity index (χ1n) is 5.90. The van der Waals surface area contributed by atoms with Crippen molar-refractivity contribution in [2.45, 2.75) is 6.92 Å². The summed E-state index contributed by atoms with van der Waals surface area (Å²) in [5, 5.41) is 13.1. The average molecular weight is 309 g/mol. The van der Waals surface area contributed by atoms with Crippen LogP contribution in [0.25, 0.3) is 0 Å². The molecule has 0 aromatic heterocycles. The van der Waals surface area contributed by atoms with Crippen molar-refractivity contribution in [3.05, 3.63) is 68.5 Å². The van der Waals surface area contributed by atoms with Crippen LogP contribution in [0.2, 0.25) is 5.02 Å². The molecule has 0 bridgehead atoms. The Morgan fingerprint density at radius 3 is 2.57 bits per heavy atom. The fourth-order valence-corrected chi connectivity index (χ4v) is 1.97. The molecule has 2 aromatic rings. The first-order chi connectivity index (χ1) is 9.88. The topological polar surface area (TPSA) is 72.2 Å². The average Bonchev–Trinajstić information content (AvgIpc) is 2.41. The zero-order valence-electron chi connectivity index (χ0n) is 10.9. The molecule has 0 spiro atoms. The Bertz CT molecular complexity index is 734. The lowest BCUT2D eigenvalue weighted by atomic mass is 10.1. The third-order valence-corrected chi connectivity index (χ3v) is 3.13. The highest BCUT2D eigenvalue weighted by molar-refractivity contribution is 6.33. The van der Waals surface area contributed by atoms with Gasteiger partial charge in [-0.3, -0.25) is 14.9 Å². The standard InChI is InChI=1S/C14H10ClFN2O3/c1-8-6-9(2-4-12(8)16)14(19)17-10-3-5-13(18(20)21)11(15)7-10/h2-7H,1H3,(H,17,19). The van der Waals surface area contributed by atoms with E-state index >= 15 is 0 Å². The molecule has 108 valence electrons. The maximum absolute atomic E-state index is 13.1. The number of nitro benzene ring substituents is 1. The van der Waals surface area contributed by atoms with Crippen LogP contribution < -0.4 is 5.32 Å². The molecule has 2 aromatic carbocycles. The number of amides is 1. The molecule has 0 aliphatic rings. The van der Waals surface area contributed by atoms with Crippen molar-refractivity contribution in [1.29, 1.82) is 0 Å². The minimum atomic E-state index is -0.614. The summed E-state index contributed by atoms with van der Waals surface area (Å²) in [6.45, 7) is 1.55. The third-order valence-electron chi connectivity index (χ3n) is 2.82. The molecule has 21 heavy (non-hydrogen) atoms. The van der Waals surface area contributed by atoms with Crippen LogP contribution in [0.15, 0.2) is 36.4 Å². The minimum Gasteiger partial charge on any atom is -0.322 e. The molecule has 0 radical (unpaired) electrons. The molecule has 2 rings (SSSR count). The predicted molar refractivity (Wildman–Crippen MR) is 77.2 cm³/mol. The maximum Gasteiger partial charge on any atom is 0.288 e. The molecule has 7 heteroatoms. The van der Waals surface area contributed by atoms with Gasteiger partial charge in [0.1, 0.15) is 10.8 Å². The van der Waals surface area contributed by atoms with E-state index in [1.54, 1.807) is 6.92 Å². The van der Waals surface area contributed by atoms with Gasteiger partial charge in [-0.2, -0.15) is 0 Å². The van der Waals surface area contributed by atoms with Gasteiger partial charge in [0, 0.05) is 17.3 Å². The van der Waals surface area contributed by atoms with Gasteiger partial charge in [0.2, 0.25) is 0 Å². The molecular formula is C14H10ClFN2O3. The van der Waals surface area contributed by atoms with E-state index in [1.165, 1.54) is 36.4 Å². The van der Waals surface area contributed by atoms with Crippen LogP contribution in [0.5, 0.6) is 0 Å². The maximum atomic E-state index is 13.1.